The summed E-state index contributed by atoms with van der Waals surface area (Å²) in [5, 5.41) is 0. The Morgan fingerprint density at radius 2 is 1.31 bits per heavy atom. The Hall–Kier alpha value is -6.58. The summed E-state index contributed by atoms with van der Waals surface area (Å²) in [5.74, 6) is 2.81. The smallest absolute Gasteiger partial charge is 0.155 e. The van der Waals surface area contributed by atoms with Gasteiger partial charge in [-0.25, -0.2) is 4.99 Å². The normalized spacial score (nSPS) is 25.0. The van der Waals surface area contributed by atoms with E-state index in [9.17, 15) is 0 Å². The Balaban J connectivity index is 0.817. The van der Waals surface area contributed by atoms with Crippen molar-refractivity contribution in [1.29, 1.82) is 0 Å². The lowest BCUT2D eigenvalue weighted by Gasteiger charge is -2.41. The van der Waals surface area contributed by atoms with Crippen molar-refractivity contribution in [1.82, 2.24) is 0 Å². The van der Waals surface area contributed by atoms with Crippen LogP contribution in [0, 0.1) is 5.92 Å². The number of aliphatic imine (C=N–C) groups is 2. The zero-order valence-corrected chi connectivity index (χ0v) is 36.7. The molecule has 6 aromatic carbocycles. The molecule has 0 aromatic heterocycles. The number of allylic oxidation sites excluding steroid dienone is 6. The second kappa shape index (κ2) is 14.5. The lowest BCUT2D eigenvalue weighted by molar-refractivity contribution is 0.233. The van der Waals surface area contributed by atoms with Gasteiger partial charge < -0.3 is 4.74 Å². The lowest BCUT2D eigenvalue weighted by Crippen LogP contribution is -2.35. The third-order valence-corrected chi connectivity index (χ3v) is 16.1. The van der Waals surface area contributed by atoms with Crippen molar-refractivity contribution in [3.8, 4) is 28.0 Å². The van der Waals surface area contributed by atoms with Gasteiger partial charge in [-0.05, 0) is 98.2 Å². The molecule has 0 amide bonds. The molecular formula is C61H52N2O. The fraction of sp³-hybridized carbons (Fsp3) is 0.246. The summed E-state index contributed by atoms with van der Waals surface area (Å²) < 4.78 is 6.95. The van der Waals surface area contributed by atoms with Crippen LogP contribution in [-0.4, -0.2) is 17.7 Å². The SMILES string of the molecule is CC1(C)C2=CC3c4ccccc4C4(CCCCC4)C3C=C2c2cc(-c3ccc4c(c3)C3C=CC=C(C5=NC(c6ccccc6)=NC(c6ccc(-c7ccccc7)cc6)C5)C3O4)ccc21. The van der Waals surface area contributed by atoms with Gasteiger partial charge >= 0.3 is 0 Å². The topological polar surface area (TPSA) is 34.0 Å². The van der Waals surface area contributed by atoms with Gasteiger partial charge in [-0.1, -0.05) is 191 Å². The van der Waals surface area contributed by atoms with Gasteiger partial charge in [0.15, 0.2) is 5.84 Å². The van der Waals surface area contributed by atoms with E-state index in [-0.39, 0.29) is 28.9 Å². The highest BCUT2D eigenvalue weighted by atomic mass is 16.5. The minimum absolute atomic E-state index is 0.0475. The first kappa shape index (κ1) is 37.9. The van der Waals surface area contributed by atoms with E-state index in [2.05, 4.69) is 190 Å². The molecule has 0 radical (unpaired) electrons. The van der Waals surface area contributed by atoms with Gasteiger partial charge in [-0.2, -0.15) is 0 Å². The Morgan fingerprint density at radius 1 is 0.609 bits per heavy atom. The summed E-state index contributed by atoms with van der Waals surface area (Å²) in [6.45, 7) is 4.89. The molecule has 0 N–H and O–H groups in total. The Morgan fingerprint density at radius 3 is 2.12 bits per heavy atom. The Labute approximate surface area is 377 Å². The van der Waals surface area contributed by atoms with Crippen LogP contribution in [0.1, 0.15) is 109 Å². The second-order valence-corrected chi connectivity index (χ2v) is 19.8. The van der Waals surface area contributed by atoms with E-state index in [0.29, 0.717) is 18.3 Å². The molecule has 2 aliphatic heterocycles. The van der Waals surface area contributed by atoms with Gasteiger partial charge in [0.05, 0.1) is 11.8 Å². The number of ether oxygens (including phenoxy) is 1. The van der Waals surface area contributed by atoms with E-state index in [0.717, 1.165) is 28.4 Å². The third kappa shape index (κ3) is 5.79. The molecule has 5 unspecified atom stereocenters. The highest BCUT2D eigenvalue weighted by Gasteiger charge is 2.54. The van der Waals surface area contributed by atoms with Crippen molar-refractivity contribution in [3.63, 3.8) is 0 Å². The molecule has 3 heteroatoms. The molecule has 2 heterocycles. The standard InChI is InChI=1S/C61H52N2O/c1-60(2)51-29-27-42(33-47(51)49-36-54-48(35-53(49)60)44-19-10-11-22-52(44)61(54)31-12-5-13-32-61)43-28-30-57-50(34-43)45-20-14-21-46(58(45)64-57)56-37-55(62-59(63-56)41-17-8-4-9-18-41)40-25-23-39(24-26-40)38-15-6-3-7-16-38/h3-4,6-11,14-30,33-36,45,48,54-55,58H,5,12-13,31-32,37H2,1-2H3. The molecule has 6 aromatic rings. The van der Waals surface area contributed by atoms with Crippen LogP contribution in [0.5, 0.6) is 5.75 Å². The number of nitrogens with zero attached hydrogens (tertiary/aromatic N) is 2. The van der Waals surface area contributed by atoms with E-state index in [1.165, 1.54) is 87.8 Å². The van der Waals surface area contributed by atoms with Gasteiger partial charge in [0.2, 0.25) is 0 Å². The number of benzene rings is 6. The summed E-state index contributed by atoms with van der Waals surface area (Å²) in [7, 11) is 0. The summed E-state index contributed by atoms with van der Waals surface area (Å²) in [6, 6.07) is 53.5. The maximum atomic E-state index is 6.95. The molecule has 1 saturated carbocycles. The van der Waals surface area contributed by atoms with Crippen LogP contribution in [-0.2, 0) is 10.8 Å². The largest absolute Gasteiger partial charge is 0.484 e. The van der Waals surface area contributed by atoms with Crippen LogP contribution < -0.4 is 4.74 Å². The van der Waals surface area contributed by atoms with Crippen LogP contribution in [0.4, 0.5) is 0 Å². The van der Waals surface area contributed by atoms with E-state index < -0.39 is 0 Å². The molecule has 312 valence electrons. The van der Waals surface area contributed by atoms with E-state index in [1.807, 2.05) is 0 Å². The van der Waals surface area contributed by atoms with Crippen molar-refractivity contribution in [2.24, 2.45) is 15.9 Å². The molecule has 1 spiro atoms. The fourth-order valence-electron chi connectivity index (χ4n) is 12.9. The first-order chi connectivity index (χ1) is 31.4. The monoisotopic (exact) mass is 828 g/mol. The number of rotatable bonds is 5. The van der Waals surface area contributed by atoms with Crippen LogP contribution in [0.3, 0.4) is 0 Å². The number of amidine groups is 1. The van der Waals surface area contributed by atoms with E-state index in [4.69, 9.17) is 14.7 Å². The molecule has 0 saturated heterocycles. The summed E-state index contributed by atoms with van der Waals surface area (Å²) in [6.07, 6.45) is 19.4. The van der Waals surface area contributed by atoms with Crippen molar-refractivity contribution < 1.29 is 4.74 Å². The predicted octanol–water partition coefficient (Wildman–Crippen LogP) is 14.6. The van der Waals surface area contributed by atoms with E-state index >= 15 is 0 Å². The average Bonchev–Trinajstić information content (AvgIpc) is 3.94. The van der Waals surface area contributed by atoms with Gasteiger partial charge in [-0.15, -0.1) is 0 Å². The molecule has 3 nitrogen and oxygen atoms in total. The molecule has 5 atom stereocenters. The highest BCUT2D eigenvalue weighted by molar-refractivity contribution is 6.14. The minimum atomic E-state index is -0.151. The van der Waals surface area contributed by atoms with Gasteiger partial charge in [0, 0.05) is 45.8 Å². The van der Waals surface area contributed by atoms with Crippen LogP contribution in [0.15, 0.2) is 197 Å². The number of fused-ring (bicyclic) bond motifs is 11. The van der Waals surface area contributed by atoms with Crippen molar-refractivity contribution in [3.05, 3.63) is 226 Å². The zero-order chi connectivity index (χ0) is 42.6. The molecule has 13 rings (SSSR count). The molecule has 64 heavy (non-hydrogen) atoms. The van der Waals surface area contributed by atoms with E-state index in [1.54, 1.807) is 11.1 Å². The Kier molecular flexibility index (Phi) is 8.58. The van der Waals surface area contributed by atoms with Crippen LogP contribution in [0.25, 0.3) is 27.8 Å². The molecule has 0 bridgehead atoms. The summed E-state index contributed by atoms with van der Waals surface area (Å²) in [4.78, 5) is 10.6. The summed E-state index contributed by atoms with van der Waals surface area (Å²) >= 11 is 0. The fourth-order valence-corrected chi connectivity index (χ4v) is 12.9. The van der Waals surface area contributed by atoms with Crippen molar-refractivity contribution >= 4 is 17.1 Å². The Bertz CT molecular complexity index is 3060. The van der Waals surface area contributed by atoms with Crippen molar-refractivity contribution in [2.45, 2.75) is 87.2 Å². The quantitative estimate of drug-likeness (QED) is 0.170. The molecule has 1 fully saturated rings. The summed E-state index contributed by atoms with van der Waals surface area (Å²) in [5.41, 5.74) is 19.9. The van der Waals surface area contributed by atoms with Crippen LogP contribution in [0.2, 0.25) is 0 Å². The maximum Gasteiger partial charge on any atom is 0.155 e. The van der Waals surface area contributed by atoms with Crippen molar-refractivity contribution in [2.75, 3.05) is 0 Å². The van der Waals surface area contributed by atoms with Gasteiger partial charge in [0.25, 0.3) is 0 Å². The maximum absolute atomic E-state index is 6.95. The third-order valence-electron chi connectivity index (χ3n) is 16.1. The first-order valence-electron chi connectivity index (χ1n) is 23.7. The first-order valence-corrected chi connectivity index (χ1v) is 23.7. The number of hydrogen-bond acceptors (Lipinski definition) is 3. The highest BCUT2D eigenvalue weighted by Crippen LogP contribution is 2.64. The zero-order valence-electron chi connectivity index (χ0n) is 36.7. The second-order valence-electron chi connectivity index (χ2n) is 19.8. The molecule has 7 aliphatic rings. The average molecular weight is 829 g/mol. The molecular weight excluding hydrogens is 777 g/mol. The van der Waals surface area contributed by atoms with Gasteiger partial charge in [0.1, 0.15) is 11.9 Å². The van der Waals surface area contributed by atoms with Crippen LogP contribution >= 0.6 is 0 Å². The minimum Gasteiger partial charge on any atom is -0.484 e. The predicted molar refractivity (Wildman–Crippen MR) is 262 cm³/mol. The lowest BCUT2D eigenvalue weighted by atomic mass is 9.62. The van der Waals surface area contributed by atoms with Gasteiger partial charge in [-0.3, -0.25) is 4.99 Å². The molecule has 5 aliphatic carbocycles. The number of hydrogen-bond donors (Lipinski definition) is 0.